The Kier molecular flexibility index (Phi) is 6.47. The molecular weight excluding hydrogens is 390 g/mol. The lowest BCUT2D eigenvalue weighted by Gasteiger charge is -2.09. The minimum atomic E-state index is -0.430. The fraction of sp³-hybridized carbons (Fsp3) is 0.333. The molecule has 0 saturated heterocycles. The highest BCUT2D eigenvalue weighted by molar-refractivity contribution is 6.28. The number of halogens is 1. The van der Waals surface area contributed by atoms with Gasteiger partial charge in [0, 0.05) is 23.0 Å². The summed E-state index contributed by atoms with van der Waals surface area (Å²) in [5.41, 5.74) is 4.66. The predicted molar refractivity (Wildman–Crippen MR) is 111 cm³/mol. The quantitative estimate of drug-likeness (QED) is 0.593. The van der Waals surface area contributed by atoms with Crippen molar-refractivity contribution in [2.45, 2.75) is 39.3 Å². The van der Waals surface area contributed by atoms with Gasteiger partial charge < -0.3 is 9.84 Å². The van der Waals surface area contributed by atoms with Crippen LogP contribution in [0, 0.1) is 18.3 Å². The molecule has 2 aromatic heterocycles. The standard InChI is InChI=1S/C21H22ClN5O2/c1-13-8-15(10-17(9-13)29-3)20-18(12-27(26-20)7-6-23)19-11-16(5-4-14(2)28)24-21(22)25-19/h8-12,14,28H,4-5,7H2,1-3H3/t14-/m0/s1. The lowest BCUT2D eigenvalue weighted by atomic mass is 10.0. The van der Waals surface area contributed by atoms with Crippen molar-refractivity contribution in [3.63, 3.8) is 0 Å². The Hall–Kier alpha value is -2.95. The Morgan fingerprint density at radius 2 is 2.07 bits per heavy atom. The number of nitriles is 1. The number of benzene rings is 1. The highest BCUT2D eigenvalue weighted by Crippen LogP contribution is 2.33. The number of aromatic nitrogens is 4. The molecule has 1 aromatic carbocycles. The number of hydrogen-bond donors (Lipinski definition) is 1. The zero-order chi connectivity index (χ0) is 21.0. The van der Waals surface area contributed by atoms with Crippen LogP contribution in [0.1, 0.15) is 24.6 Å². The monoisotopic (exact) mass is 411 g/mol. The van der Waals surface area contributed by atoms with Gasteiger partial charge in [-0.2, -0.15) is 10.4 Å². The van der Waals surface area contributed by atoms with Crippen LogP contribution in [0.4, 0.5) is 0 Å². The molecule has 1 atom stereocenters. The number of nitrogens with zero attached hydrogens (tertiary/aromatic N) is 5. The summed E-state index contributed by atoms with van der Waals surface area (Å²) in [7, 11) is 1.62. The Labute approximate surface area is 174 Å². The first-order chi connectivity index (χ1) is 13.9. The number of aliphatic hydroxyl groups excluding tert-OH is 1. The molecule has 0 radical (unpaired) electrons. The molecule has 29 heavy (non-hydrogen) atoms. The number of aliphatic hydroxyl groups is 1. The number of ether oxygens (including phenoxy) is 1. The molecule has 0 aliphatic carbocycles. The van der Waals surface area contributed by atoms with Crippen LogP contribution in [0.5, 0.6) is 5.75 Å². The van der Waals surface area contributed by atoms with Crippen molar-refractivity contribution in [1.82, 2.24) is 19.7 Å². The molecule has 3 aromatic rings. The van der Waals surface area contributed by atoms with Crippen molar-refractivity contribution < 1.29 is 9.84 Å². The van der Waals surface area contributed by atoms with Gasteiger partial charge in [0.1, 0.15) is 18.0 Å². The maximum Gasteiger partial charge on any atom is 0.223 e. The molecule has 0 saturated carbocycles. The summed E-state index contributed by atoms with van der Waals surface area (Å²) >= 11 is 6.17. The lowest BCUT2D eigenvalue weighted by molar-refractivity contribution is 0.184. The number of methoxy groups -OCH3 is 1. The molecule has 0 fully saturated rings. The van der Waals surface area contributed by atoms with E-state index >= 15 is 0 Å². The van der Waals surface area contributed by atoms with E-state index in [1.165, 1.54) is 0 Å². The van der Waals surface area contributed by atoms with Crippen LogP contribution in [0.15, 0.2) is 30.5 Å². The second-order valence-electron chi connectivity index (χ2n) is 6.89. The van der Waals surface area contributed by atoms with E-state index in [0.717, 1.165) is 28.1 Å². The maximum atomic E-state index is 9.57. The number of rotatable bonds is 7. The van der Waals surface area contributed by atoms with Crippen molar-refractivity contribution in [2.24, 2.45) is 0 Å². The summed E-state index contributed by atoms with van der Waals surface area (Å²) < 4.78 is 6.97. The largest absolute Gasteiger partial charge is 0.497 e. The highest BCUT2D eigenvalue weighted by atomic mass is 35.5. The maximum absolute atomic E-state index is 9.57. The van der Waals surface area contributed by atoms with Crippen molar-refractivity contribution in [2.75, 3.05) is 7.11 Å². The first-order valence-electron chi connectivity index (χ1n) is 9.22. The number of hydrogen-bond acceptors (Lipinski definition) is 6. The second-order valence-corrected chi connectivity index (χ2v) is 7.23. The molecule has 0 amide bonds. The van der Waals surface area contributed by atoms with Gasteiger partial charge in [-0.1, -0.05) is 0 Å². The average molecular weight is 412 g/mol. The SMILES string of the molecule is COc1cc(C)cc(-c2nn(CC#N)cc2-c2cc(CC[C@H](C)O)nc(Cl)n2)c1. The van der Waals surface area contributed by atoms with Gasteiger partial charge in [0.25, 0.3) is 0 Å². The van der Waals surface area contributed by atoms with Crippen LogP contribution in [0.2, 0.25) is 5.28 Å². The van der Waals surface area contributed by atoms with E-state index in [0.29, 0.717) is 24.2 Å². The first kappa shape index (κ1) is 20.8. The van der Waals surface area contributed by atoms with Gasteiger partial charge >= 0.3 is 0 Å². The molecule has 2 heterocycles. The van der Waals surface area contributed by atoms with Gasteiger partial charge in [0.05, 0.1) is 25.0 Å². The fourth-order valence-electron chi connectivity index (χ4n) is 3.07. The Balaban J connectivity index is 2.12. The summed E-state index contributed by atoms with van der Waals surface area (Å²) in [6.45, 7) is 3.83. The first-order valence-corrected chi connectivity index (χ1v) is 9.59. The van der Waals surface area contributed by atoms with Gasteiger partial charge in [-0.3, -0.25) is 4.68 Å². The molecule has 0 unspecified atom stereocenters. The molecule has 3 rings (SSSR count). The van der Waals surface area contributed by atoms with Crippen LogP contribution in [0.25, 0.3) is 22.5 Å². The van der Waals surface area contributed by atoms with Gasteiger partial charge in [0.2, 0.25) is 5.28 Å². The van der Waals surface area contributed by atoms with Gasteiger partial charge in [0.15, 0.2) is 0 Å². The van der Waals surface area contributed by atoms with Crippen LogP contribution in [-0.2, 0) is 13.0 Å². The van der Waals surface area contributed by atoms with Crippen LogP contribution in [-0.4, -0.2) is 38.1 Å². The third-order valence-corrected chi connectivity index (χ3v) is 4.57. The minimum Gasteiger partial charge on any atom is -0.497 e. The van der Waals surface area contributed by atoms with Crippen LogP contribution in [0.3, 0.4) is 0 Å². The number of aryl methyl sites for hydroxylation is 2. The van der Waals surface area contributed by atoms with Gasteiger partial charge in [-0.25, -0.2) is 9.97 Å². The summed E-state index contributed by atoms with van der Waals surface area (Å²) in [5.74, 6) is 0.721. The molecule has 0 aliphatic heterocycles. The Bertz CT molecular complexity index is 1060. The van der Waals surface area contributed by atoms with Crippen molar-refractivity contribution in [1.29, 1.82) is 5.26 Å². The zero-order valence-electron chi connectivity index (χ0n) is 16.6. The fourth-order valence-corrected chi connectivity index (χ4v) is 3.27. The highest BCUT2D eigenvalue weighted by Gasteiger charge is 2.17. The zero-order valence-corrected chi connectivity index (χ0v) is 17.3. The summed E-state index contributed by atoms with van der Waals surface area (Å²) in [5, 5.41) is 23.4. The lowest BCUT2D eigenvalue weighted by Crippen LogP contribution is -2.03. The molecule has 7 nitrogen and oxygen atoms in total. The average Bonchev–Trinajstić information content (AvgIpc) is 3.10. The molecule has 150 valence electrons. The van der Waals surface area contributed by atoms with E-state index in [-0.39, 0.29) is 11.8 Å². The van der Waals surface area contributed by atoms with E-state index in [1.54, 1.807) is 24.9 Å². The molecule has 0 aliphatic rings. The molecule has 1 N–H and O–H groups in total. The summed E-state index contributed by atoms with van der Waals surface area (Å²) in [4.78, 5) is 8.64. The molecule has 0 spiro atoms. The normalized spacial score (nSPS) is 11.9. The van der Waals surface area contributed by atoms with Crippen molar-refractivity contribution >= 4 is 11.6 Å². The second kappa shape index (κ2) is 9.03. The van der Waals surface area contributed by atoms with E-state index in [4.69, 9.17) is 21.6 Å². The molecular formula is C21H22ClN5O2. The Morgan fingerprint density at radius 3 is 2.76 bits per heavy atom. The van der Waals surface area contributed by atoms with E-state index in [1.807, 2.05) is 31.2 Å². The van der Waals surface area contributed by atoms with E-state index in [9.17, 15) is 5.11 Å². The molecule has 0 bridgehead atoms. The van der Waals surface area contributed by atoms with E-state index in [2.05, 4.69) is 21.1 Å². The van der Waals surface area contributed by atoms with Crippen LogP contribution >= 0.6 is 11.6 Å². The minimum absolute atomic E-state index is 0.115. The van der Waals surface area contributed by atoms with E-state index < -0.39 is 6.10 Å². The predicted octanol–water partition coefficient (Wildman–Crippen LogP) is 3.81. The van der Waals surface area contributed by atoms with Gasteiger partial charge in [-0.05, 0) is 68.1 Å². The smallest absolute Gasteiger partial charge is 0.223 e. The Morgan fingerprint density at radius 1 is 1.28 bits per heavy atom. The van der Waals surface area contributed by atoms with Crippen LogP contribution < -0.4 is 4.74 Å². The van der Waals surface area contributed by atoms with Crippen molar-refractivity contribution in [3.05, 3.63) is 47.0 Å². The van der Waals surface area contributed by atoms with Gasteiger partial charge in [-0.15, -0.1) is 0 Å². The third kappa shape index (κ3) is 5.11. The molecule has 8 heteroatoms. The summed E-state index contributed by atoms with van der Waals surface area (Å²) in [6.07, 6.45) is 2.50. The van der Waals surface area contributed by atoms with Crippen molar-refractivity contribution in [3.8, 4) is 34.3 Å². The third-order valence-electron chi connectivity index (χ3n) is 4.40. The summed E-state index contributed by atoms with van der Waals surface area (Å²) in [6, 6.07) is 9.79. The topological polar surface area (TPSA) is 96.9 Å².